The van der Waals surface area contributed by atoms with E-state index in [0.717, 1.165) is 5.56 Å². The molecule has 1 aromatic rings. The zero-order valence-corrected chi connectivity index (χ0v) is 6.86. The lowest BCUT2D eigenvalue weighted by atomic mass is 9.93. The first-order valence-electron chi connectivity index (χ1n) is 4.04. The van der Waals surface area contributed by atoms with Gasteiger partial charge in [0.05, 0.1) is 5.92 Å². The van der Waals surface area contributed by atoms with E-state index in [-0.39, 0.29) is 18.0 Å². The van der Waals surface area contributed by atoms with E-state index in [9.17, 15) is 4.79 Å². The van der Waals surface area contributed by atoms with E-state index in [1.54, 1.807) is 0 Å². The molecule has 1 saturated heterocycles. The lowest BCUT2D eigenvalue weighted by molar-refractivity contribution is -0.183. The molecular weight excluding hydrogens is 152 g/mol. The maximum absolute atomic E-state index is 10.8. The van der Waals surface area contributed by atoms with Crippen molar-refractivity contribution >= 4 is 5.97 Å². The third-order valence-electron chi connectivity index (χ3n) is 2.20. The summed E-state index contributed by atoms with van der Waals surface area (Å²) in [7, 11) is 0. The van der Waals surface area contributed by atoms with Gasteiger partial charge in [0, 0.05) is 0 Å². The molecule has 2 atom stereocenters. The normalized spacial score (nSPS) is 27.6. The minimum Gasteiger partial charge on any atom is -0.456 e. The standard InChI is InChI=1S/C10H10O2/c1-7-9(12-10(7)11)8-5-3-2-4-6-8/h2-7,9H,1H3/t7-,9-/m0/s1. The average molecular weight is 162 g/mol. The third kappa shape index (κ3) is 0.998. The molecule has 0 bridgehead atoms. The Morgan fingerprint density at radius 3 is 2.42 bits per heavy atom. The smallest absolute Gasteiger partial charge is 0.313 e. The maximum atomic E-state index is 10.8. The molecule has 0 aromatic heterocycles. The van der Waals surface area contributed by atoms with Gasteiger partial charge in [0.2, 0.25) is 0 Å². The van der Waals surface area contributed by atoms with Crippen LogP contribution in [-0.4, -0.2) is 5.97 Å². The zero-order chi connectivity index (χ0) is 8.55. The molecule has 2 heteroatoms. The first-order chi connectivity index (χ1) is 5.79. The van der Waals surface area contributed by atoms with Gasteiger partial charge in [-0.05, 0) is 12.5 Å². The molecular formula is C10H10O2. The van der Waals surface area contributed by atoms with Crippen LogP contribution in [-0.2, 0) is 9.53 Å². The van der Waals surface area contributed by atoms with E-state index < -0.39 is 0 Å². The Morgan fingerprint density at radius 2 is 1.92 bits per heavy atom. The number of benzene rings is 1. The molecule has 2 rings (SSSR count). The molecule has 1 aromatic carbocycles. The fourth-order valence-corrected chi connectivity index (χ4v) is 1.39. The predicted octanol–water partition coefficient (Wildman–Crippen LogP) is 1.92. The summed E-state index contributed by atoms with van der Waals surface area (Å²) < 4.78 is 5.00. The highest BCUT2D eigenvalue weighted by atomic mass is 16.6. The summed E-state index contributed by atoms with van der Waals surface area (Å²) in [6.45, 7) is 1.89. The molecule has 0 N–H and O–H groups in total. The van der Waals surface area contributed by atoms with E-state index in [2.05, 4.69) is 0 Å². The predicted molar refractivity (Wildman–Crippen MR) is 44.4 cm³/mol. The molecule has 1 aliphatic heterocycles. The molecule has 0 saturated carbocycles. The summed E-state index contributed by atoms with van der Waals surface area (Å²) in [4.78, 5) is 10.8. The summed E-state index contributed by atoms with van der Waals surface area (Å²) >= 11 is 0. The van der Waals surface area contributed by atoms with Crippen molar-refractivity contribution in [2.24, 2.45) is 5.92 Å². The van der Waals surface area contributed by atoms with E-state index in [1.165, 1.54) is 0 Å². The molecule has 0 amide bonds. The highest BCUT2D eigenvalue weighted by Crippen LogP contribution is 2.35. The minimum absolute atomic E-state index is 0.0151. The third-order valence-corrected chi connectivity index (χ3v) is 2.20. The maximum Gasteiger partial charge on any atom is 0.313 e. The van der Waals surface area contributed by atoms with Crippen LogP contribution in [0.2, 0.25) is 0 Å². The van der Waals surface area contributed by atoms with E-state index >= 15 is 0 Å². The largest absolute Gasteiger partial charge is 0.456 e. The van der Waals surface area contributed by atoms with Crippen molar-refractivity contribution in [2.45, 2.75) is 13.0 Å². The van der Waals surface area contributed by atoms with Crippen LogP contribution in [0.5, 0.6) is 0 Å². The highest BCUT2D eigenvalue weighted by Gasteiger charge is 2.39. The van der Waals surface area contributed by atoms with Gasteiger partial charge in [-0.25, -0.2) is 0 Å². The summed E-state index contributed by atoms with van der Waals surface area (Å²) in [5.74, 6) is -0.0729. The second-order valence-electron chi connectivity index (χ2n) is 3.06. The van der Waals surface area contributed by atoms with Gasteiger partial charge >= 0.3 is 5.97 Å². The van der Waals surface area contributed by atoms with Gasteiger partial charge in [-0.2, -0.15) is 0 Å². The van der Waals surface area contributed by atoms with Crippen LogP contribution in [0, 0.1) is 5.92 Å². The number of carbonyl (C=O) groups excluding carboxylic acids is 1. The highest BCUT2D eigenvalue weighted by molar-refractivity contribution is 5.78. The van der Waals surface area contributed by atoms with E-state index in [4.69, 9.17) is 4.74 Å². The van der Waals surface area contributed by atoms with Crippen molar-refractivity contribution in [1.82, 2.24) is 0 Å². The van der Waals surface area contributed by atoms with Gasteiger partial charge in [0.15, 0.2) is 0 Å². The van der Waals surface area contributed by atoms with Gasteiger partial charge in [0.1, 0.15) is 6.10 Å². The van der Waals surface area contributed by atoms with Crippen molar-refractivity contribution in [3.05, 3.63) is 35.9 Å². The summed E-state index contributed by atoms with van der Waals surface area (Å²) in [6.07, 6.45) is -0.0151. The number of hydrogen-bond acceptors (Lipinski definition) is 2. The molecule has 62 valence electrons. The van der Waals surface area contributed by atoms with Gasteiger partial charge in [-0.3, -0.25) is 4.79 Å². The number of esters is 1. The summed E-state index contributed by atoms with van der Waals surface area (Å²) in [5, 5.41) is 0. The number of cyclic esters (lactones) is 1. The summed E-state index contributed by atoms with van der Waals surface area (Å²) in [5.41, 5.74) is 1.09. The second kappa shape index (κ2) is 2.63. The first kappa shape index (κ1) is 7.35. The van der Waals surface area contributed by atoms with E-state index in [1.807, 2.05) is 37.3 Å². The molecule has 0 aliphatic carbocycles. The van der Waals surface area contributed by atoms with Crippen LogP contribution < -0.4 is 0 Å². The van der Waals surface area contributed by atoms with Crippen LogP contribution >= 0.6 is 0 Å². The molecule has 2 nitrogen and oxygen atoms in total. The van der Waals surface area contributed by atoms with Gasteiger partial charge in [0.25, 0.3) is 0 Å². The first-order valence-corrected chi connectivity index (χ1v) is 4.04. The fourth-order valence-electron chi connectivity index (χ4n) is 1.39. The van der Waals surface area contributed by atoms with Crippen molar-refractivity contribution in [3.8, 4) is 0 Å². The number of rotatable bonds is 1. The van der Waals surface area contributed by atoms with Crippen LogP contribution in [0.1, 0.15) is 18.6 Å². The van der Waals surface area contributed by atoms with Crippen LogP contribution in [0.4, 0.5) is 0 Å². The lowest BCUT2D eigenvalue weighted by Gasteiger charge is -2.32. The van der Waals surface area contributed by atoms with E-state index in [0.29, 0.717) is 0 Å². The molecule has 1 aliphatic rings. The number of carbonyl (C=O) groups is 1. The Labute approximate surface area is 71.2 Å². The Morgan fingerprint density at radius 1 is 1.25 bits per heavy atom. The van der Waals surface area contributed by atoms with Crippen molar-refractivity contribution in [3.63, 3.8) is 0 Å². The number of ether oxygens (including phenoxy) is 1. The average Bonchev–Trinajstić information content (AvgIpc) is 2.15. The zero-order valence-electron chi connectivity index (χ0n) is 6.86. The quantitative estimate of drug-likeness (QED) is 0.590. The van der Waals surface area contributed by atoms with Crippen molar-refractivity contribution in [2.75, 3.05) is 0 Å². The van der Waals surface area contributed by atoms with Crippen LogP contribution in [0.3, 0.4) is 0 Å². The monoisotopic (exact) mass is 162 g/mol. The molecule has 0 unspecified atom stereocenters. The Hall–Kier alpha value is -1.31. The topological polar surface area (TPSA) is 26.3 Å². The fraction of sp³-hybridized carbons (Fsp3) is 0.300. The molecule has 1 fully saturated rings. The SMILES string of the molecule is C[C@@H]1C(=O)O[C@@H]1c1ccccc1. The second-order valence-corrected chi connectivity index (χ2v) is 3.06. The Bertz CT molecular complexity index is 292. The molecule has 12 heavy (non-hydrogen) atoms. The van der Waals surface area contributed by atoms with Gasteiger partial charge < -0.3 is 4.74 Å². The molecule has 1 heterocycles. The van der Waals surface area contributed by atoms with Crippen molar-refractivity contribution in [1.29, 1.82) is 0 Å². The molecule has 0 radical (unpaired) electrons. The van der Waals surface area contributed by atoms with Crippen LogP contribution in [0.25, 0.3) is 0 Å². The lowest BCUT2D eigenvalue weighted by Crippen LogP contribution is -2.35. The Balaban J connectivity index is 2.18. The summed E-state index contributed by atoms with van der Waals surface area (Å²) in [6, 6.07) is 9.82. The van der Waals surface area contributed by atoms with Crippen molar-refractivity contribution < 1.29 is 9.53 Å². The van der Waals surface area contributed by atoms with Crippen LogP contribution in [0.15, 0.2) is 30.3 Å². The minimum atomic E-state index is -0.0937. The Kier molecular flexibility index (Phi) is 1.61. The number of hydrogen-bond donors (Lipinski definition) is 0. The van der Waals surface area contributed by atoms with Gasteiger partial charge in [-0.1, -0.05) is 30.3 Å². The molecule has 0 spiro atoms. The van der Waals surface area contributed by atoms with Gasteiger partial charge in [-0.15, -0.1) is 0 Å².